The van der Waals surface area contributed by atoms with Crippen LogP contribution in [-0.4, -0.2) is 68.0 Å². The average Bonchev–Trinajstić information content (AvgIpc) is 3.02. The number of carbonyl (C=O) groups excluding carboxylic acids is 1. The Hall–Kier alpha value is -1.12. The lowest BCUT2D eigenvalue weighted by molar-refractivity contribution is -0.128. The van der Waals surface area contributed by atoms with Crippen molar-refractivity contribution in [3.63, 3.8) is 0 Å². The van der Waals surface area contributed by atoms with Gasteiger partial charge >= 0.3 is 0 Å². The molecular formula is C18H30BrN5OS. The first-order valence-electron chi connectivity index (χ1n) is 9.06. The third kappa shape index (κ3) is 5.96. The van der Waals surface area contributed by atoms with Gasteiger partial charge in [-0.3, -0.25) is 14.7 Å². The van der Waals surface area contributed by atoms with Crippen LogP contribution in [0, 0.1) is 5.41 Å². The summed E-state index contributed by atoms with van der Waals surface area (Å²) in [4.78, 5) is 22.7. The lowest BCUT2D eigenvalue weighted by atomic mass is 9.92. The van der Waals surface area contributed by atoms with Crippen molar-refractivity contribution in [3.05, 3.63) is 20.8 Å². The number of carbonyl (C=O) groups is 1. The van der Waals surface area contributed by atoms with Gasteiger partial charge in [0.25, 0.3) is 0 Å². The topological polar surface area (TPSA) is 60.0 Å². The van der Waals surface area contributed by atoms with Crippen LogP contribution < -0.4 is 10.6 Å². The predicted octanol–water partition coefficient (Wildman–Crippen LogP) is 2.37. The van der Waals surface area contributed by atoms with Gasteiger partial charge < -0.3 is 15.5 Å². The van der Waals surface area contributed by atoms with E-state index in [0.717, 1.165) is 38.7 Å². The number of nitrogens with zero attached hydrogens (tertiary/aromatic N) is 3. The van der Waals surface area contributed by atoms with Gasteiger partial charge in [0.2, 0.25) is 5.91 Å². The van der Waals surface area contributed by atoms with E-state index in [4.69, 9.17) is 0 Å². The van der Waals surface area contributed by atoms with Crippen molar-refractivity contribution in [1.29, 1.82) is 0 Å². The van der Waals surface area contributed by atoms with Crippen molar-refractivity contribution in [1.82, 2.24) is 20.4 Å². The molecule has 2 N–H and O–H groups in total. The van der Waals surface area contributed by atoms with E-state index in [9.17, 15) is 4.79 Å². The maximum absolute atomic E-state index is 12.1. The lowest BCUT2D eigenvalue weighted by Gasteiger charge is -2.37. The van der Waals surface area contributed by atoms with Crippen LogP contribution in [0.5, 0.6) is 0 Å². The molecule has 1 aliphatic rings. The van der Waals surface area contributed by atoms with Crippen LogP contribution in [0.2, 0.25) is 0 Å². The fraction of sp³-hybridized carbons (Fsp3) is 0.667. The van der Waals surface area contributed by atoms with E-state index in [1.54, 1.807) is 18.4 Å². The molecule has 0 spiro atoms. The van der Waals surface area contributed by atoms with E-state index in [1.165, 1.54) is 8.66 Å². The first-order valence-corrected chi connectivity index (χ1v) is 10.7. The number of aliphatic imine (C=N–C) groups is 1. The largest absolute Gasteiger partial charge is 0.356 e. The van der Waals surface area contributed by atoms with Gasteiger partial charge in [0, 0.05) is 57.7 Å². The molecule has 26 heavy (non-hydrogen) atoms. The van der Waals surface area contributed by atoms with Crippen molar-refractivity contribution in [2.24, 2.45) is 10.4 Å². The number of nitrogens with one attached hydrogen (secondary N) is 2. The third-order valence-electron chi connectivity index (χ3n) is 4.53. The number of amides is 1. The van der Waals surface area contributed by atoms with Gasteiger partial charge in [-0.15, -0.1) is 11.3 Å². The van der Waals surface area contributed by atoms with Crippen LogP contribution >= 0.6 is 27.3 Å². The SMILES string of the molecule is CCNC(=O)C(C)(C)CNC(=NC)N1CCN(Cc2ccc(Br)s2)CC1. The Morgan fingerprint density at radius 1 is 1.27 bits per heavy atom. The van der Waals surface area contributed by atoms with Crippen molar-refractivity contribution >= 4 is 39.1 Å². The molecule has 0 bridgehead atoms. The van der Waals surface area contributed by atoms with E-state index >= 15 is 0 Å². The molecule has 0 aliphatic carbocycles. The molecule has 1 saturated heterocycles. The first kappa shape index (κ1) is 21.2. The summed E-state index contributed by atoms with van der Waals surface area (Å²) >= 11 is 5.33. The second kappa shape index (κ2) is 9.71. The molecule has 0 radical (unpaired) electrons. The number of piperazine rings is 1. The van der Waals surface area contributed by atoms with Crippen LogP contribution in [0.4, 0.5) is 0 Å². The highest BCUT2D eigenvalue weighted by Crippen LogP contribution is 2.23. The van der Waals surface area contributed by atoms with Gasteiger partial charge in [-0.1, -0.05) is 0 Å². The Balaban J connectivity index is 1.81. The van der Waals surface area contributed by atoms with E-state index in [1.807, 2.05) is 20.8 Å². The Morgan fingerprint density at radius 3 is 2.50 bits per heavy atom. The van der Waals surface area contributed by atoms with Gasteiger partial charge in [-0.2, -0.15) is 0 Å². The average molecular weight is 444 g/mol. The number of hydrogen-bond donors (Lipinski definition) is 2. The molecule has 1 aromatic rings. The minimum atomic E-state index is -0.472. The van der Waals surface area contributed by atoms with Crippen molar-refractivity contribution in [2.75, 3.05) is 46.3 Å². The molecule has 2 rings (SSSR count). The molecular weight excluding hydrogens is 414 g/mol. The maximum atomic E-state index is 12.1. The van der Waals surface area contributed by atoms with Crippen LogP contribution in [0.1, 0.15) is 25.6 Å². The molecule has 1 aliphatic heterocycles. The zero-order chi connectivity index (χ0) is 19.2. The minimum absolute atomic E-state index is 0.0647. The predicted molar refractivity (Wildman–Crippen MR) is 113 cm³/mol. The summed E-state index contributed by atoms with van der Waals surface area (Å²) in [6, 6.07) is 4.30. The maximum Gasteiger partial charge on any atom is 0.227 e. The van der Waals surface area contributed by atoms with Crippen LogP contribution in [0.3, 0.4) is 0 Å². The highest BCUT2D eigenvalue weighted by atomic mass is 79.9. The van der Waals surface area contributed by atoms with Gasteiger partial charge in [-0.05, 0) is 48.8 Å². The van der Waals surface area contributed by atoms with Gasteiger partial charge in [0.05, 0.1) is 9.20 Å². The third-order valence-corrected chi connectivity index (χ3v) is 6.14. The van der Waals surface area contributed by atoms with Crippen molar-refractivity contribution in [2.45, 2.75) is 27.3 Å². The van der Waals surface area contributed by atoms with Crippen LogP contribution in [0.25, 0.3) is 0 Å². The zero-order valence-electron chi connectivity index (χ0n) is 16.1. The summed E-state index contributed by atoms with van der Waals surface area (Å²) in [7, 11) is 1.80. The highest BCUT2D eigenvalue weighted by molar-refractivity contribution is 9.11. The smallest absolute Gasteiger partial charge is 0.227 e. The number of guanidine groups is 1. The molecule has 0 atom stereocenters. The van der Waals surface area contributed by atoms with Gasteiger partial charge in [0.1, 0.15) is 0 Å². The lowest BCUT2D eigenvalue weighted by Crippen LogP contribution is -2.54. The zero-order valence-corrected chi connectivity index (χ0v) is 18.5. The molecule has 1 amide bonds. The fourth-order valence-corrected chi connectivity index (χ4v) is 4.41. The summed E-state index contributed by atoms with van der Waals surface area (Å²) in [6.45, 7) is 12.0. The Bertz CT molecular complexity index is 623. The fourth-order valence-electron chi connectivity index (χ4n) is 2.89. The Kier molecular flexibility index (Phi) is 7.91. The standard InChI is InChI=1S/C18H30BrN5OS/c1-5-21-16(25)18(2,3)13-22-17(20-4)24-10-8-23(9-11-24)12-14-6-7-15(19)26-14/h6-7H,5,8-13H2,1-4H3,(H,20,22)(H,21,25). The van der Waals surface area contributed by atoms with E-state index < -0.39 is 5.41 Å². The molecule has 0 aromatic carbocycles. The van der Waals surface area contributed by atoms with Crippen LogP contribution in [-0.2, 0) is 11.3 Å². The molecule has 2 heterocycles. The molecule has 1 aromatic heterocycles. The van der Waals surface area contributed by atoms with E-state index in [0.29, 0.717) is 13.1 Å². The monoisotopic (exact) mass is 443 g/mol. The second-order valence-corrected chi connectivity index (χ2v) is 9.66. The van der Waals surface area contributed by atoms with Gasteiger partial charge in [0.15, 0.2) is 5.96 Å². The molecule has 1 fully saturated rings. The summed E-state index contributed by atoms with van der Waals surface area (Å²) in [6.07, 6.45) is 0. The number of hydrogen-bond acceptors (Lipinski definition) is 4. The number of rotatable bonds is 6. The second-order valence-electron chi connectivity index (χ2n) is 7.11. The van der Waals surface area contributed by atoms with Crippen molar-refractivity contribution in [3.8, 4) is 0 Å². The molecule has 0 unspecified atom stereocenters. The summed E-state index contributed by atoms with van der Waals surface area (Å²) in [5, 5.41) is 6.28. The normalized spacial score (nSPS) is 16.7. The van der Waals surface area contributed by atoms with Crippen LogP contribution in [0.15, 0.2) is 20.9 Å². The molecule has 8 heteroatoms. The minimum Gasteiger partial charge on any atom is -0.356 e. The van der Waals surface area contributed by atoms with E-state index in [-0.39, 0.29) is 5.91 Å². The molecule has 0 saturated carbocycles. The van der Waals surface area contributed by atoms with Crippen molar-refractivity contribution < 1.29 is 4.79 Å². The quantitative estimate of drug-likeness (QED) is 0.523. The number of halogens is 1. The molecule has 6 nitrogen and oxygen atoms in total. The Labute approximate surface area is 169 Å². The first-order chi connectivity index (χ1) is 12.4. The van der Waals surface area contributed by atoms with E-state index in [2.05, 4.69) is 53.5 Å². The highest BCUT2D eigenvalue weighted by Gasteiger charge is 2.28. The molecule has 146 valence electrons. The summed E-state index contributed by atoms with van der Waals surface area (Å²) < 4.78 is 1.19. The summed E-state index contributed by atoms with van der Waals surface area (Å²) in [5.41, 5.74) is -0.472. The Morgan fingerprint density at radius 2 is 1.96 bits per heavy atom. The number of thiophene rings is 1. The van der Waals surface area contributed by atoms with Gasteiger partial charge in [-0.25, -0.2) is 0 Å². The summed E-state index contributed by atoms with van der Waals surface area (Å²) in [5.74, 6) is 0.941.